The van der Waals surface area contributed by atoms with E-state index in [9.17, 15) is 9.59 Å². The van der Waals surface area contributed by atoms with Gasteiger partial charge in [-0.05, 0) is 44.9 Å². The van der Waals surface area contributed by atoms with Crippen molar-refractivity contribution in [1.29, 1.82) is 0 Å². The Morgan fingerprint density at radius 2 is 1.94 bits per heavy atom. The Bertz CT molecular complexity index is 1030. The summed E-state index contributed by atoms with van der Waals surface area (Å²) in [5, 5.41) is 12.0. The number of nitrogens with one attached hydrogen (secondary N) is 2. The van der Waals surface area contributed by atoms with E-state index in [4.69, 9.17) is 4.74 Å². The van der Waals surface area contributed by atoms with Crippen LogP contribution in [0.25, 0.3) is 11.3 Å². The largest absolute Gasteiger partial charge is 0.444 e. The summed E-state index contributed by atoms with van der Waals surface area (Å²) in [7, 11) is 1.88. The molecule has 0 spiro atoms. The number of carbonyl (C=O) groups excluding carboxylic acids is 2. The third-order valence-electron chi connectivity index (χ3n) is 4.58. The maximum Gasteiger partial charge on any atom is 0.407 e. The molecule has 2 heterocycles. The first-order valence-electron chi connectivity index (χ1n) is 10.0. The normalized spacial score (nSPS) is 12.3. The summed E-state index contributed by atoms with van der Waals surface area (Å²) in [6, 6.07) is 11.0. The summed E-state index contributed by atoms with van der Waals surface area (Å²) in [6.07, 6.45) is 1.29. The first-order chi connectivity index (χ1) is 14.6. The highest BCUT2D eigenvalue weighted by molar-refractivity contribution is 7.12. The molecule has 2 N–H and O–H groups in total. The second-order valence-corrected chi connectivity index (χ2v) is 9.23. The molecule has 2 amide bonds. The second kappa shape index (κ2) is 9.34. The van der Waals surface area contributed by atoms with Crippen molar-refractivity contribution < 1.29 is 14.3 Å². The van der Waals surface area contributed by atoms with Gasteiger partial charge in [-0.15, -0.1) is 11.3 Å². The van der Waals surface area contributed by atoms with E-state index in [2.05, 4.69) is 15.7 Å². The molecule has 2 aromatic heterocycles. The Hall–Kier alpha value is -3.13. The number of benzene rings is 1. The quantitative estimate of drug-likeness (QED) is 0.593. The molecule has 1 aromatic carbocycles. The van der Waals surface area contributed by atoms with E-state index in [-0.39, 0.29) is 12.5 Å². The number of hydrogen-bond acceptors (Lipinski definition) is 5. The van der Waals surface area contributed by atoms with Crippen molar-refractivity contribution in [3.05, 3.63) is 64.0 Å². The fourth-order valence-corrected chi connectivity index (χ4v) is 4.00. The standard InChI is InChI=1S/C23H28N4O3S/c1-15-12-25-27(5)20(15)17-11-19(31-14-17)21(28)26-18(16-9-7-6-8-10-16)13-24-22(29)30-23(2,3)4/h6-12,14,18H,13H2,1-5H3,(H,24,29)(H,26,28)/t18-/m1/s1. The van der Waals surface area contributed by atoms with Crippen LogP contribution >= 0.6 is 11.3 Å². The predicted octanol–water partition coefficient (Wildman–Crippen LogP) is 4.45. The smallest absolute Gasteiger partial charge is 0.407 e. The molecule has 0 aliphatic heterocycles. The molecule has 0 aliphatic rings. The molecule has 8 heteroatoms. The number of amides is 2. The van der Waals surface area contributed by atoms with E-state index in [1.165, 1.54) is 11.3 Å². The lowest BCUT2D eigenvalue weighted by Crippen LogP contribution is -2.40. The summed E-state index contributed by atoms with van der Waals surface area (Å²) in [5.74, 6) is -0.198. The lowest BCUT2D eigenvalue weighted by molar-refractivity contribution is 0.0520. The molecule has 3 aromatic rings. The number of ether oxygens (including phenoxy) is 1. The molecule has 164 valence electrons. The Morgan fingerprint density at radius 1 is 1.23 bits per heavy atom. The minimum Gasteiger partial charge on any atom is -0.444 e. The monoisotopic (exact) mass is 440 g/mol. The number of nitrogens with zero attached hydrogens (tertiary/aromatic N) is 2. The average Bonchev–Trinajstić information content (AvgIpc) is 3.30. The fraction of sp³-hybridized carbons (Fsp3) is 0.348. The van der Waals surface area contributed by atoms with Crippen molar-refractivity contribution in [3.8, 4) is 11.3 Å². The summed E-state index contributed by atoms with van der Waals surface area (Å²) < 4.78 is 7.11. The summed E-state index contributed by atoms with van der Waals surface area (Å²) in [5.41, 5.74) is 3.30. The van der Waals surface area contributed by atoms with E-state index in [0.717, 1.165) is 22.4 Å². The molecular weight excluding hydrogens is 412 g/mol. The Balaban J connectivity index is 1.74. The molecule has 1 atom stereocenters. The number of rotatable bonds is 6. The van der Waals surface area contributed by atoms with Gasteiger partial charge in [0.1, 0.15) is 5.60 Å². The van der Waals surface area contributed by atoms with Gasteiger partial charge in [0, 0.05) is 24.5 Å². The number of thiophene rings is 1. The minimum absolute atomic E-state index is 0.198. The molecule has 0 radical (unpaired) electrons. The summed E-state index contributed by atoms with van der Waals surface area (Å²) in [6.45, 7) is 7.63. The second-order valence-electron chi connectivity index (χ2n) is 8.32. The van der Waals surface area contributed by atoms with Crippen LogP contribution in [-0.4, -0.2) is 33.9 Å². The Labute approximate surface area is 186 Å². The van der Waals surface area contributed by atoms with Gasteiger partial charge in [-0.2, -0.15) is 5.10 Å². The molecular formula is C23H28N4O3S. The highest BCUT2D eigenvalue weighted by atomic mass is 32.1. The maximum atomic E-state index is 13.0. The van der Waals surface area contributed by atoms with E-state index < -0.39 is 17.7 Å². The molecule has 0 saturated carbocycles. The Kier molecular flexibility index (Phi) is 6.80. The lowest BCUT2D eigenvalue weighted by atomic mass is 10.1. The molecule has 0 unspecified atom stereocenters. The molecule has 7 nitrogen and oxygen atoms in total. The zero-order valence-corrected chi connectivity index (χ0v) is 19.2. The third-order valence-corrected chi connectivity index (χ3v) is 5.50. The highest BCUT2D eigenvalue weighted by Gasteiger charge is 2.21. The van der Waals surface area contributed by atoms with E-state index in [1.54, 1.807) is 31.6 Å². The van der Waals surface area contributed by atoms with Crippen LogP contribution in [0.1, 0.15) is 47.6 Å². The van der Waals surface area contributed by atoms with Crippen molar-refractivity contribution in [1.82, 2.24) is 20.4 Å². The first kappa shape index (κ1) is 22.6. The van der Waals surface area contributed by atoms with Gasteiger partial charge in [-0.3, -0.25) is 9.48 Å². The van der Waals surface area contributed by atoms with Gasteiger partial charge in [0.25, 0.3) is 5.91 Å². The maximum absolute atomic E-state index is 13.0. The predicted molar refractivity (Wildman–Crippen MR) is 122 cm³/mol. The van der Waals surface area contributed by atoms with Crippen molar-refractivity contribution in [3.63, 3.8) is 0 Å². The van der Waals surface area contributed by atoms with Crippen LogP contribution in [0.4, 0.5) is 4.79 Å². The van der Waals surface area contributed by atoms with E-state index >= 15 is 0 Å². The summed E-state index contributed by atoms with van der Waals surface area (Å²) >= 11 is 1.38. The fourth-order valence-electron chi connectivity index (χ4n) is 3.21. The van der Waals surface area contributed by atoms with E-state index in [1.807, 2.05) is 55.7 Å². The number of alkyl carbamates (subject to hydrolysis) is 1. The third kappa shape index (κ3) is 5.95. The van der Waals surface area contributed by atoms with Crippen LogP contribution in [0.2, 0.25) is 0 Å². The van der Waals surface area contributed by atoms with Crippen LogP contribution in [0, 0.1) is 6.92 Å². The zero-order chi connectivity index (χ0) is 22.6. The van der Waals surface area contributed by atoms with Gasteiger partial charge < -0.3 is 15.4 Å². The van der Waals surface area contributed by atoms with Gasteiger partial charge in [-0.1, -0.05) is 30.3 Å². The van der Waals surface area contributed by atoms with Crippen LogP contribution in [0.5, 0.6) is 0 Å². The molecule has 3 rings (SSSR count). The van der Waals surface area contributed by atoms with Gasteiger partial charge in [0.15, 0.2) is 0 Å². The topological polar surface area (TPSA) is 85.3 Å². The SMILES string of the molecule is Cc1cnn(C)c1-c1csc(C(=O)N[C@H](CNC(=O)OC(C)(C)C)c2ccccc2)c1. The molecule has 0 saturated heterocycles. The molecule has 0 fully saturated rings. The van der Waals surface area contributed by atoms with Gasteiger partial charge in [0.2, 0.25) is 0 Å². The van der Waals surface area contributed by atoms with E-state index in [0.29, 0.717) is 4.88 Å². The molecule has 31 heavy (non-hydrogen) atoms. The van der Waals surface area contributed by atoms with Crippen molar-refractivity contribution in [2.75, 3.05) is 6.54 Å². The molecule has 0 bridgehead atoms. The number of aryl methyl sites for hydroxylation is 2. The number of carbonyl (C=O) groups is 2. The first-order valence-corrected chi connectivity index (χ1v) is 10.9. The van der Waals surface area contributed by atoms with Gasteiger partial charge in [0.05, 0.1) is 22.8 Å². The summed E-state index contributed by atoms with van der Waals surface area (Å²) in [4.78, 5) is 25.7. The van der Waals surface area contributed by atoms with Crippen molar-refractivity contribution in [2.24, 2.45) is 7.05 Å². The van der Waals surface area contributed by atoms with Crippen LogP contribution in [0.3, 0.4) is 0 Å². The van der Waals surface area contributed by atoms with Crippen LogP contribution < -0.4 is 10.6 Å². The van der Waals surface area contributed by atoms with Crippen molar-refractivity contribution in [2.45, 2.75) is 39.3 Å². The van der Waals surface area contributed by atoms with Gasteiger partial charge in [-0.25, -0.2) is 4.79 Å². The van der Waals surface area contributed by atoms with Crippen LogP contribution in [-0.2, 0) is 11.8 Å². The minimum atomic E-state index is -0.590. The zero-order valence-electron chi connectivity index (χ0n) is 18.4. The lowest BCUT2D eigenvalue weighted by Gasteiger charge is -2.23. The van der Waals surface area contributed by atoms with Crippen LogP contribution in [0.15, 0.2) is 48.0 Å². The number of aromatic nitrogens is 2. The number of hydrogen-bond donors (Lipinski definition) is 2. The van der Waals surface area contributed by atoms with Crippen molar-refractivity contribution >= 4 is 23.3 Å². The molecule has 0 aliphatic carbocycles. The Morgan fingerprint density at radius 3 is 2.55 bits per heavy atom. The van der Waals surface area contributed by atoms with Gasteiger partial charge >= 0.3 is 6.09 Å². The highest BCUT2D eigenvalue weighted by Crippen LogP contribution is 2.28. The average molecular weight is 441 g/mol.